The van der Waals surface area contributed by atoms with Crippen LogP contribution in [0, 0.1) is 17.8 Å². The quantitative estimate of drug-likeness (QED) is 0.581. The molecule has 0 aromatic carbocycles. The van der Waals surface area contributed by atoms with E-state index in [2.05, 4.69) is 9.97 Å². The van der Waals surface area contributed by atoms with E-state index in [4.69, 9.17) is 0 Å². The topological polar surface area (TPSA) is 72.0 Å². The molecule has 1 heterocycles. The first kappa shape index (κ1) is 10.7. The summed E-state index contributed by atoms with van der Waals surface area (Å²) in [6.45, 7) is 0. The highest BCUT2D eigenvalue weighted by molar-refractivity contribution is 7.92. The lowest BCUT2D eigenvalue weighted by Gasteiger charge is -2.03. The lowest BCUT2D eigenvalue weighted by atomic mass is 10.5. The molecule has 0 bridgehead atoms. The molecule has 0 spiro atoms. The molecule has 0 unspecified atom stereocenters. The number of anilines is 1. The van der Waals surface area contributed by atoms with E-state index in [0.29, 0.717) is 6.26 Å². The van der Waals surface area contributed by atoms with Gasteiger partial charge >= 0.3 is 6.08 Å². The second-order valence-electron chi connectivity index (χ2n) is 2.32. The van der Waals surface area contributed by atoms with Crippen LogP contribution in [0.3, 0.4) is 0 Å². The molecule has 1 aromatic heterocycles. The highest BCUT2D eigenvalue weighted by atomic mass is 32.2. The van der Waals surface area contributed by atoms with Crippen molar-refractivity contribution < 1.29 is 21.6 Å². The Kier molecular flexibility index (Phi) is 2.60. The first-order valence-electron chi connectivity index (χ1n) is 3.16. The number of halogens is 3. The standard InChI is InChI=1S/C5H4F3N3O2S/c1-14(12,13)11-4-2(6)3(7)9-5(8)10-4/h1H3,(H,9,10,11). The van der Waals surface area contributed by atoms with Crippen molar-refractivity contribution in [2.24, 2.45) is 0 Å². The Morgan fingerprint density at radius 2 is 1.79 bits per heavy atom. The summed E-state index contributed by atoms with van der Waals surface area (Å²) in [7, 11) is -3.85. The molecule has 0 saturated heterocycles. The Morgan fingerprint density at radius 3 is 2.29 bits per heavy atom. The summed E-state index contributed by atoms with van der Waals surface area (Å²) >= 11 is 0. The van der Waals surface area contributed by atoms with Crippen LogP contribution in [-0.2, 0) is 10.0 Å². The van der Waals surface area contributed by atoms with E-state index in [0.717, 1.165) is 0 Å². The Balaban J connectivity index is 3.22. The number of rotatable bonds is 2. The average Bonchev–Trinajstić information content (AvgIpc) is 1.96. The first-order chi connectivity index (χ1) is 6.29. The van der Waals surface area contributed by atoms with Crippen LogP contribution in [0.2, 0.25) is 0 Å². The number of nitrogens with one attached hydrogen (secondary N) is 1. The van der Waals surface area contributed by atoms with Crippen molar-refractivity contribution in [1.82, 2.24) is 9.97 Å². The average molecular weight is 227 g/mol. The van der Waals surface area contributed by atoms with Gasteiger partial charge in [0.25, 0.3) is 5.95 Å². The molecule has 14 heavy (non-hydrogen) atoms. The summed E-state index contributed by atoms with van der Waals surface area (Å²) in [4.78, 5) is 5.15. The minimum absolute atomic E-state index is 0.685. The third-order valence-corrected chi connectivity index (χ3v) is 1.63. The molecule has 78 valence electrons. The van der Waals surface area contributed by atoms with Crippen molar-refractivity contribution in [1.29, 1.82) is 0 Å². The predicted molar refractivity (Wildman–Crippen MR) is 40.4 cm³/mol. The molecule has 5 nitrogen and oxygen atoms in total. The lowest BCUT2D eigenvalue weighted by molar-refractivity contribution is 0.430. The molecule has 0 atom stereocenters. The van der Waals surface area contributed by atoms with Gasteiger partial charge in [-0.3, -0.25) is 4.72 Å². The largest absolute Gasteiger partial charge is 0.313 e. The number of hydrogen-bond donors (Lipinski definition) is 1. The van der Waals surface area contributed by atoms with Gasteiger partial charge in [-0.1, -0.05) is 0 Å². The Morgan fingerprint density at radius 1 is 1.21 bits per heavy atom. The zero-order valence-electron chi connectivity index (χ0n) is 6.75. The maximum Gasteiger partial charge on any atom is 0.313 e. The fraction of sp³-hybridized carbons (Fsp3) is 0.200. The summed E-state index contributed by atoms with van der Waals surface area (Å²) in [5.74, 6) is -4.47. The minimum Gasteiger partial charge on any atom is -0.265 e. The van der Waals surface area contributed by atoms with Gasteiger partial charge in [-0.15, -0.1) is 0 Å². The summed E-state index contributed by atoms with van der Waals surface area (Å²) in [6.07, 6.45) is -0.875. The fourth-order valence-corrected chi connectivity index (χ4v) is 1.12. The minimum atomic E-state index is -3.85. The summed E-state index contributed by atoms with van der Waals surface area (Å²) in [6, 6.07) is 0. The second kappa shape index (κ2) is 3.40. The molecule has 0 aliphatic heterocycles. The number of hydrogen-bond acceptors (Lipinski definition) is 4. The molecule has 0 aliphatic carbocycles. The van der Waals surface area contributed by atoms with E-state index in [9.17, 15) is 21.6 Å². The molecule has 1 aromatic rings. The molecule has 0 aliphatic rings. The van der Waals surface area contributed by atoms with Gasteiger partial charge in [0.1, 0.15) is 0 Å². The van der Waals surface area contributed by atoms with Crippen LogP contribution in [0.25, 0.3) is 0 Å². The van der Waals surface area contributed by atoms with E-state index in [1.165, 1.54) is 4.72 Å². The van der Waals surface area contributed by atoms with E-state index in [1.54, 1.807) is 0 Å². The zero-order valence-corrected chi connectivity index (χ0v) is 7.57. The van der Waals surface area contributed by atoms with Crippen molar-refractivity contribution in [3.63, 3.8) is 0 Å². The smallest absolute Gasteiger partial charge is 0.265 e. The highest BCUT2D eigenvalue weighted by Gasteiger charge is 2.16. The van der Waals surface area contributed by atoms with Gasteiger partial charge in [0.2, 0.25) is 15.8 Å². The van der Waals surface area contributed by atoms with Crippen LogP contribution < -0.4 is 4.72 Å². The second-order valence-corrected chi connectivity index (χ2v) is 4.07. The lowest BCUT2D eigenvalue weighted by Crippen LogP contribution is -2.14. The molecular weight excluding hydrogens is 223 g/mol. The van der Waals surface area contributed by atoms with Crippen LogP contribution >= 0.6 is 0 Å². The zero-order chi connectivity index (χ0) is 10.9. The van der Waals surface area contributed by atoms with Gasteiger partial charge in [-0.2, -0.15) is 23.1 Å². The van der Waals surface area contributed by atoms with Crippen molar-refractivity contribution in [3.8, 4) is 0 Å². The highest BCUT2D eigenvalue weighted by Crippen LogP contribution is 2.13. The summed E-state index contributed by atoms with van der Waals surface area (Å²) < 4.78 is 60.1. The molecule has 1 N–H and O–H groups in total. The van der Waals surface area contributed by atoms with Crippen molar-refractivity contribution in [3.05, 3.63) is 17.8 Å². The van der Waals surface area contributed by atoms with E-state index < -0.39 is 33.7 Å². The van der Waals surface area contributed by atoms with E-state index >= 15 is 0 Å². The van der Waals surface area contributed by atoms with E-state index in [-0.39, 0.29) is 0 Å². The van der Waals surface area contributed by atoms with Crippen LogP contribution in [-0.4, -0.2) is 24.6 Å². The Labute approximate surface area is 77.0 Å². The van der Waals surface area contributed by atoms with Crippen molar-refractivity contribution >= 4 is 15.8 Å². The maximum atomic E-state index is 12.7. The maximum absolute atomic E-state index is 12.7. The Bertz CT molecular complexity index is 462. The monoisotopic (exact) mass is 227 g/mol. The predicted octanol–water partition coefficient (Wildman–Crippen LogP) is 0.265. The third kappa shape index (κ3) is 2.55. The molecule has 0 fully saturated rings. The number of aromatic nitrogens is 2. The third-order valence-electron chi connectivity index (χ3n) is 1.07. The molecule has 1 rings (SSSR count). The van der Waals surface area contributed by atoms with Gasteiger partial charge in [0, 0.05) is 0 Å². The number of nitrogens with zero attached hydrogens (tertiary/aromatic N) is 2. The van der Waals surface area contributed by atoms with Crippen molar-refractivity contribution in [2.75, 3.05) is 11.0 Å². The first-order valence-corrected chi connectivity index (χ1v) is 5.05. The van der Waals surface area contributed by atoms with Crippen LogP contribution in [0.15, 0.2) is 0 Å². The number of sulfonamides is 1. The van der Waals surface area contributed by atoms with Gasteiger partial charge in [-0.25, -0.2) is 8.42 Å². The van der Waals surface area contributed by atoms with Crippen LogP contribution in [0.5, 0.6) is 0 Å². The molecule has 0 amide bonds. The van der Waals surface area contributed by atoms with Crippen molar-refractivity contribution in [2.45, 2.75) is 0 Å². The molecule has 0 radical (unpaired) electrons. The summed E-state index contributed by atoms with van der Waals surface area (Å²) in [5.41, 5.74) is 0. The normalized spacial score (nSPS) is 11.4. The Hall–Kier alpha value is -1.38. The van der Waals surface area contributed by atoms with Crippen LogP contribution in [0.1, 0.15) is 0 Å². The van der Waals surface area contributed by atoms with Gasteiger partial charge in [0.05, 0.1) is 6.26 Å². The molecular formula is C5H4F3N3O2S. The summed E-state index contributed by atoms with van der Waals surface area (Å²) in [5, 5.41) is 0. The molecule has 9 heteroatoms. The van der Waals surface area contributed by atoms with E-state index in [1.807, 2.05) is 0 Å². The van der Waals surface area contributed by atoms with Gasteiger partial charge in [0.15, 0.2) is 5.82 Å². The molecule has 0 saturated carbocycles. The van der Waals surface area contributed by atoms with Crippen LogP contribution in [0.4, 0.5) is 19.0 Å². The van der Waals surface area contributed by atoms with Gasteiger partial charge in [-0.05, 0) is 0 Å². The van der Waals surface area contributed by atoms with Gasteiger partial charge < -0.3 is 0 Å². The SMILES string of the molecule is CS(=O)(=O)Nc1nc(F)nc(F)c1F. The fourth-order valence-electron chi connectivity index (χ4n) is 0.637.